The molecule has 0 radical (unpaired) electrons. The van der Waals surface area contributed by atoms with Crippen molar-refractivity contribution in [2.24, 2.45) is 5.92 Å². The minimum atomic E-state index is -4.96. The highest BCUT2D eigenvalue weighted by Gasteiger charge is 2.30. The Bertz CT molecular complexity index is 1890. The van der Waals surface area contributed by atoms with E-state index in [0.717, 1.165) is 95.8 Å². The number of rotatable bonds is 80. The molecule has 0 aliphatic rings. The standard InChI is InChI=1S/C80H156O17P2/c1-6-9-12-15-18-21-24-25-26-27-31-34-37-40-45-49-54-59-64-78(83)91-70-76(97-80(85)66-61-56-51-46-41-38-35-32-29-28-30-33-36-39-42-47-52-57-62-73(4)5)72-95-99(88,89)93-68-74(81)67-92-98(86,87)94-71-75(96-79(84)65-60-55-50-44-23-20-17-14-11-8-3)69-90-77(82)63-58-53-48-43-22-19-16-13-10-7-2/h73-76,81H,6-72H2,1-5H3,(H,86,87)(H,88,89)/t74-,75+,76+/m0/s1. The second-order valence-electron chi connectivity index (χ2n) is 29.3. The van der Waals surface area contributed by atoms with Crippen molar-refractivity contribution < 1.29 is 80.2 Å². The van der Waals surface area contributed by atoms with Crippen LogP contribution < -0.4 is 0 Å². The van der Waals surface area contributed by atoms with Crippen LogP contribution >= 0.6 is 15.6 Å². The van der Waals surface area contributed by atoms with E-state index in [9.17, 15) is 43.2 Å². The van der Waals surface area contributed by atoms with Gasteiger partial charge in [0.05, 0.1) is 26.4 Å². The average molecular weight is 1450 g/mol. The number of hydrogen-bond donors (Lipinski definition) is 3. The first-order chi connectivity index (χ1) is 48.0. The van der Waals surface area contributed by atoms with Gasteiger partial charge in [-0.05, 0) is 31.6 Å². The van der Waals surface area contributed by atoms with Crippen LogP contribution in [-0.2, 0) is 65.4 Å². The van der Waals surface area contributed by atoms with Crippen LogP contribution in [0.4, 0.5) is 0 Å². The number of phosphoric acid groups is 2. The molecule has 2 unspecified atom stereocenters. The van der Waals surface area contributed by atoms with Crippen LogP contribution in [0.3, 0.4) is 0 Å². The highest BCUT2D eigenvalue weighted by molar-refractivity contribution is 7.47. The van der Waals surface area contributed by atoms with E-state index < -0.39 is 97.5 Å². The number of carbonyl (C=O) groups is 4. The summed E-state index contributed by atoms with van der Waals surface area (Å²) in [5.41, 5.74) is 0. The maximum atomic E-state index is 13.1. The third-order valence-corrected chi connectivity index (χ3v) is 20.7. The summed E-state index contributed by atoms with van der Waals surface area (Å²) in [5.74, 6) is -1.29. The minimum absolute atomic E-state index is 0.107. The third kappa shape index (κ3) is 74.1. The molecule has 0 saturated carbocycles. The summed E-state index contributed by atoms with van der Waals surface area (Å²) in [6.07, 6.45) is 63.9. The Hall–Kier alpha value is -1.94. The van der Waals surface area contributed by atoms with E-state index >= 15 is 0 Å². The zero-order valence-corrected chi connectivity index (χ0v) is 66.4. The molecule has 0 saturated heterocycles. The summed E-state index contributed by atoms with van der Waals surface area (Å²) in [6.45, 7) is 7.34. The van der Waals surface area contributed by atoms with Crippen molar-refractivity contribution in [3.63, 3.8) is 0 Å². The zero-order chi connectivity index (χ0) is 72.7. The first-order valence-corrected chi connectivity index (χ1v) is 44.6. The summed E-state index contributed by atoms with van der Waals surface area (Å²) in [7, 11) is -9.91. The van der Waals surface area contributed by atoms with Gasteiger partial charge in [0, 0.05) is 25.7 Å². The summed E-state index contributed by atoms with van der Waals surface area (Å²) >= 11 is 0. The molecule has 99 heavy (non-hydrogen) atoms. The predicted octanol–water partition coefficient (Wildman–Crippen LogP) is 24.0. The molecule has 0 amide bonds. The molecule has 0 spiro atoms. The van der Waals surface area contributed by atoms with Crippen LogP contribution in [0.2, 0.25) is 0 Å². The molecule has 0 heterocycles. The maximum absolute atomic E-state index is 13.1. The van der Waals surface area contributed by atoms with E-state index in [0.29, 0.717) is 25.7 Å². The molecule has 17 nitrogen and oxygen atoms in total. The Kier molecular flexibility index (Phi) is 71.6. The van der Waals surface area contributed by atoms with Crippen molar-refractivity contribution >= 4 is 39.5 Å². The SMILES string of the molecule is CCCCCCCCCCCCCCCCCCCCC(=O)OC[C@H](COP(=O)(O)OC[C@@H](O)COP(=O)(O)OC[C@@H](COC(=O)CCCCCCCCCCCC)OC(=O)CCCCCCCCCCCC)OC(=O)CCCCCCCCCCCCCCCCCCCCC(C)C. The Balaban J connectivity index is 5.18. The van der Waals surface area contributed by atoms with E-state index in [1.54, 1.807) is 0 Å². The fourth-order valence-electron chi connectivity index (χ4n) is 12.4. The molecular formula is C80H156O17P2. The Morgan fingerprint density at radius 3 is 0.687 bits per heavy atom. The molecule has 5 atom stereocenters. The molecule has 0 aliphatic carbocycles. The van der Waals surface area contributed by atoms with Crippen LogP contribution in [0.15, 0.2) is 0 Å². The number of carbonyl (C=O) groups excluding carboxylic acids is 4. The summed E-state index contributed by atoms with van der Waals surface area (Å²) in [4.78, 5) is 72.9. The lowest BCUT2D eigenvalue weighted by Crippen LogP contribution is -2.30. The number of ether oxygens (including phenoxy) is 4. The van der Waals surface area contributed by atoms with Crippen LogP contribution in [-0.4, -0.2) is 96.7 Å². The number of unbranched alkanes of at least 4 members (excludes halogenated alkanes) is 52. The van der Waals surface area contributed by atoms with E-state index in [1.165, 1.54) is 250 Å². The van der Waals surface area contributed by atoms with Gasteiger partial charge in [-0.2, -0.15) is 0 Å². The summed E-state index contributed by atoms with van der Waals surface area (Å²) < 4.78 is 68.6. The molecule has 0 aromatic rings. The predicted molar refractivity (Wildman–Crippen MR) is 405 cm³/mol. The van der Waals surface area contributed by atoms with Gasteiger partial charge in [0.15, 0.2) is 12.2 Å². The van der Waals surface area contributed by atoms with Crippen LogP contribution in [0.5, 0.6) is 0 Å². The fourth-order valence-corrected chi connectivity index (χ4v) is 14.0. The van der Waals surface area contributed by atoms with Gasteiger partial charge in [0.2, 0.25) is 0 Å². The van der Waals surface area contributed by atoms with E-state index in [2.05, 4.69) is 34.6 Å². The summed E-state index contributed by atoms with van der Waals surface area (Å²) in [6, 6.07) is 0. The van der Waals surface area contributed by atoms with Crippen molar-refractivity contribution in [2.45, 2.75) is 445 Å². The molecule has 0 rings (SSSR count). The number of aliphatic hydroxyl groups is 1. The van der Waals surface area contributed by atoms with E-state index in [-0.39, 0.29) is 25.7 Å². The Labute approximate surface area is 607 Å². The first-order valence-electron chi connectivity index (χ1n) is 41.6. The van der Waals surface area contributed by atoms with Gasteiger partial charge in [0.1, 0.15) is 19.3 Å². The Morgan fingerprint density at radius 2 is 0.465 bits per heavy atom. The molecule has 3 N–H and O–H groups in total. The van der Waals surface area contributed by atoms with Crippen molar-refractivity contribution in [3.05, 3.63) is 0 Å². The third-order valence-electron chi connectivity index (χ3n) is 18.8. The van der Waals surface area contributed by atoms with E-state index in [1.807, 2.05) is 0 Å². The monoisotopic (exact) mass is 1450 g/mol. The van der Waals surface area contributed by atoms with Crippen molar-refractivity contribution in [2.75, 3.05) is 39.6 Å². The summed E-state index contributed by atoms with van der Waals surface area (Å²) in [5, 5.41) is 10.6. The molecular weight excluding hydrogens is 1290 g/mol. The smallest absolute Gasteiger partial charge is 0.462 e. The largest absolute Gasteiger partial charge is 0.472 e. The minimum Gasteiger partial charge on any atom is -0.462 e. The van der Waals surface area contributed by atoms with Crippen molar-refractivity contribution in [1.82, 2.24) is 0 Å². The highest BCUT2D eigenvalue weighted by atomic mass is 31.2. The van der Waals surface area contributed by atoms with Crippen LogP contribution in [0.25, 0.3) is 0 Å². The molecule has 0 bridgehead atoms. The lowest BCUT2D eigenvalue weighted by molar-refractivity contribution is -0.161. The molecule has 0 fully saturated rings. The zero-order valence-electron chi connectivity index (χ0n) is 64.6. The Morgan fingerprint density at radius 1 is 0.273 bits per heavy atom. The molecule has 0 aromatic carbocycles. The number of esters is 4. The van der Waals surface area contributed by atoms with Crippen molar-refractivity contribution in [3.8, 4) is 0 Å². The van der Waals surface area contributed by atoms with Crippen molar-refractivity contribution in [1.29, 1.82) is 0 Å². The van der Waals surface area contributed by atoms with Gasteiger partial charge < -0.3 is 33.8 Å². The van der Waals surface area contributed by atoms with Gasteiger partial charge in [-0.3, -0.25) is 37.3 Å². The first kappa shape index (κ1) is 97.1. The lowest BCUT2D eigenvalue weighted by Gasteiger charge is -2.21. The normalized spacial score (nSPS) is 13.9. The molecule has 588 valence electrons. The highest BCUT2D eigenvalue weighted by Crippen LogP contribution is 2.45. The van der Waals surface area contributed by atoms with Gasteiger partial charge in [0.25, 0.3) is 0 Å². The maximum Gasteiger partial charge on any atom is 0.472 e. The topological polar surface area (TPSA) is 237 Å². The number of phosphoric ester groups is 2. The molecule has 0 aromatic heterocycles. The second-order valence-corrected chi connectivity index (χ2v) is 32.2. The van der Waals surface area contributed by atoms with Gasteiger partial charge >= 0.3 is 39.5 Å². The van der Waals surface area contributed by atoms with Crippen LogP contribution in [0, 0.1) is 5.92 Å². The molecule has 19 heteroatoms. The van der Waals surface area contributed by atoms with E-state index in [4.69, 9.17) is 37.0 Å². The second kappa shape index (κ2) is 73.0. The molecule has 0 aliphatic heterocycles. The fraction of sp³-hybridized carbons (Fsp3) is 0.950. The lowest BCUT2D eigenvalue weighted by atomic mass is 10.0. The van der Waals surface area contributed by atoms with Gasteiger partial charge in [-0.1, -0.05) is 375 Å². The number of aliphatic hydroxyl groups excluding tert-OH is 1. The average Bonchev–Trinajstić information content (AvgIpc) is 1.53. The number of hydrogen-bond acceptors (Lipinski definition) is 15. The van der Waals surface area contributed by atoms with Crippen LogP contribution in [0.1, 0.15) is 426 Å². The van der Waals surface area contributed by atoms with Gasteiger partial charge in [-0.15, -0.1) is 0 Å². The van der Waals surface area contributed by atoms with Gasteiger partial charge in [-0.25, -0.2) is 9.13 Å². The quantitative estimate of drug-likeness (QED) is 0.0222.